The molecule has 2 saturated heterocycles. The number of hydrazine groups is 1. The fourth-order valence-electron chi connectivity index (χ4n) is 3.54. The fourth-order valence-corrected chi connectivity index (χ4v) is 3.54. The maximum atomic E-state index is 12.8. The molecular weight excluding hydrogens is 360 g/mol. The van der Waals surface area contributed by atoms with Crippen molar-refractivity contribution in [1.82, 2.24) is 20.7 Å². The first-order chi connectivity index (χ1) is 13.7. The van der Waals surface area contributed by atoms with Crippen molar-refractivity contribution in [3.05, 3.63) is 54.5 Å². The van der Waals surface area contributed by atoms with Crippen LogP contribution in [0.15, 0.2) is 53.1 Å². The van der Waals surface area contributed by atoms with Gasteiger partial charge in [-0.15, -0.1) is 0 Å². The molecule has 2 aliphatic heterocycles. The Morgan fingerprint density at radius 1 is 1.00 bits per heavy atom. The van der Waals surface area contributed by atoms with Crippen LogP contribution in [0.5, 0.6) is 5.75 Å². The topological polar surface area (TPSA) is 87.0 Å². The fraction of sp³-hybridized carbons (Fsp3) is 0.400. The van der Waals surface area contributed by atoms with Crippen LogP contribution in [0, 0.1) is 0 Å². The molecule has 0 aliphatic carbocycles. The van der Waals surface area contributed by atoms with Crippen molar-refractivity contribution in [2.75, 3.05) is 32.8 Å². The van der Waals surface area contributed by atoms with Crippen molar-refractivity contribution < 1.29 is 18.7 Å². The standard InChI is InChI=1S/C20H24N4O4/c25-19(14-28-15-5-2-1-3-6-15)23-8-10-24(11-9-23)20(26)17-13-16(21-22-17)18-7-4-12-27-18/h1-7,12,16-17,21-22H,8-11,13-14H2. The lowest BCUT2D eigenvalue weighted by molar-refractivity contribution is -0.141. The minimum absolute atomic E-state index is 0.0108. The summed E-state index contributed by atoms with van der Waals surface area (Å²) in [5.74, 6) is 1.48. The van der Waals surface area contributed by atoms with Gasteiger partial charge in [0.15, 0.2) is 6.61 Å². The van der Waals surface area contributed by atoms with E-state index in [9.17, 15) is 9.59 Å². The van der Waals surface area contributed by atoms with Gasteiger partial charge in [0.05, 0.1) is 12.3 Å². The Morgan fingerprint density at radius 2 is 1.75 bits per heavy atom. The zero-order valence-corrected chi connectivity index (χ0v) is 15.5. The minimum Gasteiger partial charge on any atom is -0.484 e. The van der Waals surface area contributed by atoms with Crippen LogP contribution in [0.2, 0.25) is 0 Å². The molecule has 2 aromatic rings. The number of nitrogens with one attached hydrogen (secondary N) is 2. The molecule has 4 rings (SSSR count). The van der Waals surface area contributed by atoms with Crippen LogP contribution in [0.3, 0.4) is 0 Å². The van der Waals surface area contributed by atoms with Crippen molar-refractivity contribution in [3.63, 3.8) is 0 Å². The van der Waals surface area contributed by atoms with Gasteiger partial charge in [-0.3, -0.25) is 9.59 Å². The number of amides is 2. The summed E-state index contributed by atoms with van der Waals surface area (Å²) in [6, 6.07) is 12.7. The van der Waals surface area contributed by atoms with Gasteiger partial charge in [0, 0.05) is 26.2 Å². The van der Waals surface area contributed by atoms with E-state index in [1.165, 1.54) is 0 Å². The van der Waals surface area contributed by atoms with Gasteiger partial charge in [-0.05, 0) is 30.7 Å². The highest BCUT2D eigenvalue weighted by atomic mass is 16.5. The first kappa shape index (κ1) is 18.5. The van der Waals surface area contributed by atoms with Crippen LogP contribution in [0.25, 0.3) is 0 Å². The summed E-state index contributed by atoms with van der Waals surface area (Å²) in [5.41, 5.74) is 6.18. The maximum Gasteiger partial charge on any atom is 0.260 e. The lowest BCUT2D eigenvalue weighted by Crippen LogP contribution is -2.55. The molecular formula is C20H24N4O4. The van der Waals surface area contributed by atoms with Gasteiger partial charge in [-0.2, -0.15) is 0 Å². The summed E-state index contributed by atoms with van der Waals surface area (Å²) in [7, 11) is 0. The molecule has 2 N–H and O–H groups in total. The molecule has 0 bridgehead atoms. The van der Waals surface area contributed by atoms with E-state index in [0.717, 1.165) is 5.76 Å². The highest BCUT2D eigenvalue weighted by molar-refractivity contribution is 5.83. The molecule has 0 spiro atoms. The van der Waals surface area contributed by atoms with Crippen LogP contribution >= 0.6 is 0 Å². The van der Waals surface area contributed by atoms with Gasteiger partial charge in [0.2, 0.25) is 5.91 Å². The van der Waals surface area contributed by atoms with Gasteiger partial charge in [0.1, 0.15) is 17.6 Å². The smallest absolute Gasteiger partial charge is 0.260 e. The van der Waals surface area contributed by atoms with Crippen molar-refractivity contribution in [2.24, 2.45) is 0 Å². The summed E-state index contributed by atoms with van der Waals surface area (Å²) < 4.78 is 10.9. The van der Waals surface area contributed by atoms with Gasteiger partial charge >= 0.3 is 0 Å². The molecule has 2 atom stereocenters. The number of benzene rings is 1. The lowest BCUT2D eigenvalue weighted by atomic mass is 10.1. The van der Waals surface area contributed by atoms with Gasteiger partial charge in [-0.25, -0.2) is 10.9 Å². The third-order valence-corrected chi connectivity index (χ3v) is 5.14. The monoisotopic (exact) mass is 384 g/mol. The molecule has 8 nitrogen and oxygen atoms in total. The SMILES string of the molecule is O=C(COc1ccccc1)N1CCN(C(=O)C2CC(c3ccco3)NN2)CC1. The largest absolute Gasteiger partial charge is 0.484 e. The Morgan fingerprint density at radius 3 is 2.46 bits per heavy atom. The predicted molar refractivity (Wildman–Crippen MR) is 101 cm³/mol. The van der Waals surface area contributed by atoms with E-state index < -0.39 is 0 Å². The number of nitrogens with zero attached hydrogens (tertiary/aromatic N) is 2. The van der Waals surface area contributed by atoms with Gasteiger partial charge < -0.3 is 19.0 Å². The van der Waals surface area contributed by atoms with Crippen molar-refractivity contribution in [1.29, 1.82) is 0 Å². The number of carbonyl (C=O) groups excluding carboxylic acids is 2. The molecule has 1 aromatic heterocycles. The number of hydrogen-bond donors (Lipinski definition) is 2. The van der Waals surface area contributed by atoms with E-state index in [2.05, 4.69) is 10.9 Å². The number of rotatable bonds is 5. The molecule has 3 heterocycles. The molecule has 0 saturated carbocycles. The van der Waals surface area contributed by atoms with Crippen molar-refractivity contribution in [3.8, 4) is 5.75 Å². The first-order valence-corrected chi connectivity index (χ1v) is 9.49. The van der Waals surface area contributed by atoms with Crippen LogP contribution in [-0.2, 0) is 9.59 Å². The van der Waals surface area contributed by atoms with Crippen LogP contribution in [-0.4, -0.2) is 60.4 Å². The number of ether oxygens (including phenoxy) is 1. The second kappa shape index (κ2) is 8.45. The summed E-state index contributed by atoms with van der Waals surface area (Å²) in [5, 5.41) is 0. The van der Waals surface area contributed by atoms with Crippen LogP contribution < -0.4 is 15.6 Å². The molecule has 148 valence electrons. The van der Waals surface area contributed by atoms with E-state index in [4.69, 9.17) is 9.15 Å². The lowest BCUT2D eigenvalue weighted by Gasteiger charge is -2.35. The molecule has 28 heavy (non-hydrogen) atoms. The maximum absolute atomic E-state index is 12.8. The van der Waals surface area contributed by atoms with Gasteiger partial charge in [0.25, 0.3) is 5.91 Å². The Balaban J connectivity index is 1.22. The second-order valence-corrected chi connectivity index (χ2v) is 6.95. The quantitative estimate of drug-likeness (QED) is 0.798. The molecule has 0 radical (unpaired) electrons. The van der Waals surface area contributed by atoms with E-state index >= 15 is 0 Å². The number of hydrogen-bond acceptors (Lipinski definition) is 6. The predicted octanol–water partition coefficient (Wildman–Crippen LogP) is 0.937. The van der Waals surface area contributed by atoms with E-state index in [1.54, 1.807) is 11.2 Å². The highest BCUT2D eigenvalue weighted by Crippen LogP contribution is 2.23. The minimum atomic E-state index is -0.293. The molecule has 2 aliphatic rings. The zero-order valence-electron chi connectivity index (χ0n) is 15.5. The molecule has 8 heteroatoms. The summed E-state index contributed by atoms with van der Waals surface area (Å²) in [6.07, 6.45) is 2.26. The third-order valence-electron chi connectivity index (χ3n) is 5.14. The third kappa shape index (κ3) is 4.18. The number of furan rings is 1. The zero-order chi connectivity index (χ0) is 19.3. The van der Waals surface area contributed by atoms with Crippen molar-refractivity contribution >= 4 is 11.8 Å². The average Bonchev–Trinajstić information content (AvgIpc) is 3.44. The summed E-state index contributed by atoms with van der Waals surface area (Å²) in [4.78, 5) is 28.7. The van der Waals surface area contributed by atoms with E-state index in [1.807, 2.05) is 47.4 Å². The Bertz CT molecular complexity index is 788. The van der Waals surface area contributed by atoms with E-state index in [0.29, 0.717) is 38.3 Å². The molecule has 1 aromatic carbocycles. The highest BCUT2D eigenvalue weighted by Gasteiger charge is 2.35. The Kier molecular flexibility index (Phi) is 5.59. The van der Waals surface area contributed by atoms with Crippen LogP contribution in [0.1, 0.15) is 18.2 Å². The Hall–Kier alpha value is -2.84. The van der Waals surface area contributed by atoms with Crippen molar-refractivity contribution in [2.45, 2.75) is 18.5 Å². The number of carbonyl (C=O) groups is 2. The summed E-state index contributed by atoms with van der Waals surface area (Å²) >= 11 is 0. The van der Waals surface area contributed by atoms with Crippen LogP contribution in [0.4, 0.5) is 0 Å². The number of piperazine rings is 1. The Labute approximate surface area is 163 Å². The first-order valence-electron chi connectivity index (χ1n) is 9.49. The molecule has 2 amide bonds. The molecule has 2 fully saturated rings. The molecule has 2 unspecified atom stereocenters. The average molecular weight is 384 g/mol. The number of para-hydroxylation sites is 1. The summed E-state index contributed by atoms with van der Waals surface area (Å²) in [6.45, 7) is 2.10. The second-order valence-electron chi connectivity index (χ2n) is 6.95. The van der Waals surface area contributed by atoms with Gasteiger partial charge in [-0.1, -0.05) is 18.2 Å². The van der Waals surface area contributed by atoms with E-state index in [-0.39, 0.29) is 30.5 Å². The normalized spacial score (nSPS) is 22.3.